The Bertz CT molecular complexity index is 266. The second-order valence-corrected chi connectivity index (χ2v) is 3.15. The van der Waals surface area contributed by atoms with Gasteiger partial charge in [0.2, 0.25) is 0 Å². The molecule has 0 unspecified atom stereocenters. The molecule has 4 N–H and O–H groups in total. The van der Waals surface area contributed by atoms with E-state index in [1.165, 1.54) is 5.32 Å². The van der Waals surface area contributed by atoms with E-state index in [0.29, 0.717) is 19.4 Å². The summed E-state index contributed by atoms with van der Waals surface area (Å²) in [6, 6.07) is -1.53. The van der Waals surface area contributed by atoms with E-state index in [2.05, 4.69) is 0 Å². The Balaban J connectivity index is -0.00000112. The number of rotatable bonds is 6. The fraction of sp³-hybridized carbons (Fsp3) is 0.750. The summed E-state index contributed by atoms with van der Waals surface area (Å²) in [6.07, 6.45) is -4.31. The predicted molar refractivity (Wildman–Crippen MR) is 49.6 cm³/mol. The molecule has 0 radical (unpaired) electrons. The Morgan fingerprint density at radius 3 is 2.24 bits per heavy atom. The van der Waals surface area contributed by atoms with Gasteiger partial charge in [0.1, 0.15) is 6.04 Å². The Hall–Kier alpha value is -0.713. The van der Waals surface area contributed by atoms with Gasteiger partial charge in [-0.05, 0) is 25.8 Å². The second-order valence-electron chi connectivity index (χ2n) is 3.15. The quantitative estimate of drug-likeness (QED) is 0.355. The summed E-state index contributed by atoms with van der Waals surface area (Å²) in [5, 5.41) is 9.98. The van der Waals surface area contributed by atoms with Crippen LogP contribution >= 0.6 is 0 Å². The summed E-state index contributed by atoms with van der Waals surface area (Å²) < 4.78 is 35.5. The minimum absolute atomic E-state index is 0. The van der Waals surface area contributed by atoms with Gasteiger partial charge in [0.05, 0.1) is 0 Å². The Kier molecular flexibility index (Phi) is 9.20. The van der Waals surface area contributed by atoms with Crippen molar-refractivity contribution < 1.29 is 48.2 Å². The number of unbranched alkanes of at least 4 members (excludes halogenated alkanes) is 1. The molecule has 0 aliphatic rings. The van der Waals surface area contributed by atoms with Gasteiger partial charge in [-0.25, -0.2) is 4.79 Å². The molecule has 0 aromatic carbocycles. The zero-order chi connectivity index (χ0) is 12.8. The number of alkyl halides is 3. The van der Waals surface area contributed by atoms with E-state index in [-0.39, 0.29) is 26.7 Å². The number of carboxylic acids is 1. The van der Waals surface area contributed by atoms with Crippen LogP contribution in [0, 0.1) is 0 Å². The van der Waals surface area contributed by atoms with Crippen LogP contribution in [0.1, 0.15) is 20.7 Å². The number of nitrogens with one attached hydrogen (secondary N) is 1. The molecule has 0 aliphatic carbocycles. The van der Waals surface area contributed by atoms with E-state index in [9.17, 15) is 22.8 Å². The standard InChI is InChI=1S/C8H13F3N2O3.Li.H/c9-8(10,11)7(16)13-5(6(14)15)3-1-2-4-12;;/h5H,1-4,12H2,(H,13,16)(H,14,15);;/q;+1;-1/t5-;;/m0../s1. The summed E-state index contributed by atoms with van der Waals surface area (Å²) >= 11 is 0. The molecule has 0 aliphatic heterocycles. The van der Waals surface area contributed by atoms with Crippen LogP contribution in [0.25, 0.3) is 0 Å². The molecular formula is C8H14F3LiN2O3. The second kappa shape index (κ2) is 8.39. The average Bonchev–Trinajstić information content (AvgIpc) is 2.14. The third-order valence-corrected chi connectivity index (χ3v) is 1.81. The van der Waals surface area contributed by atoms with Crippen molar-refractivity contribution in [2.45, 2.75) is 31.5 Å². The van der Waals surface area contributed by atoms with Crippen molar-refractivity contribution >= 4 is 11.9 Å². The molecule has 0 aromatic rings. The molecule has 0 saturated carbocycles. The smallest absolute Gasteiger partial charge is 1.00 e. The van der Waals surface area contributed by atoms with Gasteiger partial charge in [-0.15, -0.1) is 0 Å². The van der Waals surface area contributed by atoms with E-state index in [0.717, 1.165) is 0 Å². The SMILES string of the molecule is NCCCC[C@H](NC(=O)C(F)(F)F)C(=O)O.[H-].[Li+]. The zero-order valence-electron chi connectivity index (χ0n) is 10.4. The van der Waals surface area contributed by atoms with Crippen molar-refractivity contribution in [2.75, 3.05) is 6.54 Å². The van der Waals surface area contributed by atoms with E-state index in [4.69, 9.17) is 10.8 Å². The molecule has 0 spiro atoms. The Morgan fingerprint density at radius 1 is 1.35 bits per heavy atom. The Labute approximate surface area is 110 Å². The first-order valence-electron chi connectivity index (χ1n) is 4.59. The van der Waals surface area contributed by atoms with Crippen molar-refractivity contribution in [3.05, 3.63) is 0 Å². The van der Waals surface area contributed by atoms with Gasteiger partial charge < -0.3 is 17.6 Å². The third kappa shape index (κ3) is 8.07. The van der Waals surface area contributed by atoms with Crippen molar-refractivity contribution in [3.8, 4) is 0 Å². The van der Waals surface area contributed by atoms with E-state index < -0.39 is 24.1 Å². The first-order valence-corrected chi connectivity index (χ1v) is 4.59. The van der Waals surface area contributed by atoms with Crippen molar-refractivity contribution in [1.82, 2.24) is 5.32 Å². The van der Waals surface area contributed by atoms with Crippen LogP contribution in [0.3, 0.4) is 0 Å². The zero-order valence-corrected chi connectivity index (χ0v) is 9.38. The van der Waals surface area contributed by atoms with Crippen LogP contribution in [-0.2, 0) is 9.59 Å². The van der Waals surface area contributed by atoms with E-state index in [1.807, 2.05) is 0 Å². The average molecular weight is 250 g/mol. The number of hydrogen-bond donors (Lipinski definition) is 3. The third-order valence-electron chi connectivity index (χ3n) is 1.81. The van der Waals surface area contributed by atoms with Crippen LogP contribution in [0.15, 0.2) is 0 Å². The number of nitrogens with two attached hydrogens (primary N) is 1. The minimum atomic E-state index is -5.07. The summed E-state index contributed by atoms with van der Waals surface area (Å²) in [6.45, 7) is 0.319. The van der Waals surface area contributed by atoms with Crippen LogP contribution in [0.5, 0.6) is 0 Å². The van der Waals surface area contributed by atoms with Crippen molar-refractivity contribution in [1.29, 1.82) is 0 Å². The molecule has 1 atom stereocenters. The largest absolute Gasteiger partial charge is 1.00 e. The summed E-state index contributed by atoms with van der Waals surface area (Å²) in [5.74, 6) is -3.73. The van der Waals surface area contributed by atoms with Crippen LogP contribution in [0.2, 0.25) is 0 Å². The van der Waals surface area contributed by atoms with Gasteiger partial charge in [0, 0.05) is 0 Å². The fourth-order valence-electron chi connectivity index (χ4n) is 0.990. The molecule has 9 heteroatoms. The Morgan fingerprint density at radius 2 is 1.88 bits per heavy atom. The van der Waals surface area contributed by atoms with Gasteiger partial charge in [-0.3, -0.25) is 4.79 Å². The molecule has 17 heavy (non-hydrogen) atoms. The van der Waals surface area contributed by atoms with Crippen LogP contribution in [-0.4, -0.2) is 35.7 Å². The first-order chi connectivity index (χ1) is 7.29. The van der Waals surface area contributed by atoms with Gasteiger partial charge in [0.15, 0.2) is 0 Å². The van der Waals surface area contributed by atoms with Gasteiger partial charge >= 0.3 is 36.9 Å². The van der Waals surface area contributed by atoms with E-state index >= 15 is 0 Å². The molecule has 0 aromatic heterocycles. The molecule has 0 rings (SSSR count). The normalized spacial score (nSPS) is 12.5. The van der Waals surface area contributed by atoms with Crippen LogP contribution < -0.4 is 29.9 Å². The minimum Gasteiger partial charge on any atom is -1.00 e. The topological polar surface area (TPSA) is 92.4 Å². The summed E-state index contributed by atoms with van der Waals surface area (Å²) in [5.41, 5.74) is 5.15. The molecule has 0 bridgehead atoms. The molecule has 0 fully saturated rings. The summed E-state index contributed by atoms with van der Waals surface area (Å²) in [7, 11) is 0. The maximum Gasteiger partial charge on any atom is 1.00 e. The number of carbonyl (C=O) groups excluding carboxylic acids is 1. The molecule has 96 valence electrons. The number of amides is 1. The van der Waals surface area contributed by atoms with E-state index in [1.54, 1.807) is 0 Å². The first kappa shape index (κ1) is 18.6. The van der Waals surface area contributed by atoms with Crippen molar-refractivity contribution in [3.63, 3.8) is 0 Å². The number of halogens is 3. The maximum atomic E-state index is 11.8. The molecule has 0 saturated heterocycles. The van der Waals surface area contributed by atoms with Gasteiger partial charge in [-0.1, -0.05) is 0 Å². The number of carbonyl (C=O) groups is 2. The number of carboxylic acid groups (broad SMARTS) is 1. The number of aliphatic carboxylic acids is 1. The maximum absolute atomic E-state index is 11.8. The number of hydrogen-bond acceptors (Lipinski definition) is 3. The van der Waals surface area contributed by atoms with Gasteiger partial charge in [0.25, 0.3) is 0 Å². The molecule has 1 amide bonds. The molecular weight excluding hydrogens is 236 g/mol. The predicted octanol–water partition coefficient (Wildman–Crippen LogP) is -2.64. The molecule has 5 nitrogen and oxygen atoms in total. The fourth-order valence-corrected chi connectivity index (χ4v) is 0.990. The van der Waals surface area contributed by atoms with Crippen molar-refractivity contribution in [2.24, 2.45) is 5.73 Å². The monoisotopic (exact) mass is 250 g/mol. The molecule has 0 heterocycles. The van der Waals surface area contributed by atoms with Gasteiger partial charge in [-0.2, -0.15) is 13.2 Å². The summed E-state index contributed by atoms with van der Waals surface area (Å²) in [4.78, 5) is 21.0. The van der Waals surface area contributed by atoms with Crippen LogP contribution in [0.4, 0.5) is 13.2 Å².